The fourth-order valence-electron chi connectivity index (χ4n) is 3.76. The zero-order valence-electron chi connectivity index (χ0n) is 17.6. The second-order valence-electron chi connectivity index (χ2n) is 7.85. The molecule has 7 nitrogen and oxygen atoms in total. The minimum atomic E-state index is 0.166. The molecule has 0 amide bonds. The molecule has 1 aliphatic heterocycles. The lowest BCUT2D eigenvalue weighted by molar-refractivity contribution is 0.134. The van der Waals surface area contributed by atoms with Crippen molar-refractivity contribution in [3.63, 3.8) is 0 Å². The van der Waals surface area contributed by atoms with Gasteiger partial charge in [0.1, 0.15) is 5.75 Å². The second-order valence-corrected chi connectivity index (χ2v) is 7.85. The quantitative estimate of drug-likeness (QED) is 0.782. The summed E-state index contributed by atoms with van der Waals surface area (Å²) in [6.45, 7) is 11.9. The van der Waals surface area contributed by atoms with Crippen molar-refractivity contribution in [1.29, 1.82) is 0 Å². The number of aliphatic hydroxyl groups excluding tert-OH is 1. The van der Waals surface area contributed by atoms with Gasteiger partial charge in [-0.25, -0.2) is 0 Å². The lowest BCUT2D eigenvalue weighted by atomic mass is 10.00. The summed E-state index contributed by atoms with van der Waals surface area (Å²) >= 11 is 0. The van der Waals surface area contributed by atoms with Crippen molar-refractivity contribution >= 4 is 5.95 Å². The van der Waals surface area contributed by atoms with Crippen LogP contribution in [0.3, 0.4) is 0 Å². The number of aliphatic hydroxyl groups is 1. The summed E-state index contributed by atoms with van der Waals surface area (Å²) in [5, 5.41) is 13.7. The van der Waals surface area contributed by atoms with Crippen LogP contribution in [0.15, 0.2) is 16.7 Å². The Hall–Kier alpha value is -2.12. The fraction of sp³-hybridized carbons (Fsp3) is 0.619. The first-order valence-electron chi connectivity index (χ1n) is 10.0. The molecular weight excluding hydrogens is 356 g/mol. The second kappa shape index (κ2) is 8.92. The van der Waals surface area contributed by atoms with Gasteiger partial charge in [0.2, 0.25) is 5.89 Å². The number of piperazine rings is 1. The molecule has 1 N–H and O–H groups in total. The van der Waals surface area contributed by atoms with Gasteiger partial charge >= 0.3 is 0 Å². The summed E-state index contributed by atoms with van der Waals surface area (Å²) in [4.78, 5) is 9.15. The van der Waals surface area contributed by atoms with Gasteiger partial charge in [-0.15, -0.1) is 0 Å². The summed E-state index contributed by atoms with van der Waals surface area (Å²) < 4.78 is 10.8. The van der Waals surface area contributed by atoms with Crippen molar-refractivity contribution in [2.45, 2.75) is 52.6 Å². The first kappa shape index (κ1) is 20.6. The van der Waals surface area contributed by atoms with E-state index in [1.54, 1.807) is 7.11 Å². The van der Waals surface area contributed by atoms with Crippen LogP contribution in [0.4, 0.5) is 5.95 Å². The molecule has 0 aliphatic carbocycles. The normalized spacial score (nSPS) is 18.1. The Morgan fingerprint density at radius 2 is 2.04 bits per heavy atom. The number of nitrogens with zero attached hydrogens (tertiary/aromatic N) is 4. The maximum Gasteiger partial charge on any atom is 0.266 e. The van der Waals surface area contributed by atoms with E-state index in [-0.39, 0.29) is 18.6 Å². The van der Waals surface area contributed by atoms with Crippen molar-refractivity contribution in [2.75, 3.05) is 38.3 Å². The van der Waals surface area contributed by atoms with Crippen molar-refractivity contribution < 1.29 is 14.4 Å². The van der Waals surface area contributed by atoms with Crippen LogP contribution in [0.25, 0.3) is 0 Å². The number of ether oxygens (including phenoxy) is 1. The Balaban J connectivity index is 1.73. The predicted octanol–water partition coefficient (Wildman–Crippen LogP) is 2.89. The van der Waals surface area contributed by atoms with E-state index in [1.807, 2.05) is 19.9 Å². The van der Waals surface area contributed by atoms with Gasteiger partial charge in [-0.3, -0.25) is 4.90 Å². The molecule has 7 heteroatoms. The molecule has 28 heavy (non-hydrogen) atoms. The minimum Gasteiger partial charge on any atom is -0.496 e. The summed E-state index contributed by atoms with van der Waals surface area (Å²) in [5.41, 5.74) is 3.76. The van der Waals surface area contributed by atoms with Gasteiger partial charge in [0.05, 0.1) is 7.11 Å². The van der Waals surface area contributed by atoms with E-state index in [9.17, 15) is 5.11 Å². The summed E-state index contributed by atoms with van der Waals surface area (Å²) in [5.74, 6) is 2.47. The van der Waals surface area contributed by atoms with Gasteiger partial charge in [-0.05, 0) is 48.2 Å². The van der Waals surface area contributed by atoms with Crippen molar-refractivity contribution in [3.8, 4) is 5.75 Å². The van der Waals surface area contributed by atoms with Crippen LogP contribution in [0.2, 0.25) is 0 Å². The number of hydrogen-bond acceptors (Lipinski definition) is 7. The molecule has 1 aromatic carbocycles. The summed E-state index contributed by atoms with van der Waals surface area (Å²) in [6, 6.07) is 4.43. The smallest absolute Gasteiger partial charge is 0.266 e. The van der Waals surface area contributed by atoms with Crippen molar-refractivity contribution in [2.24, 2.45) is 0 Å². The van der Waals surface area contributed by atoms with Crippen molar-refractivity contribution in [3.05, 3.63) is 34.7 Å². The molecule has 3 rings (SSSR count). The number of methoxy groups -OCH3 is 1. The highest BCUT2D eigenvalue weighted by Gasteiger charge is 2.29. The standard InChI is InChI=1S/C21H32N4O3/c1-14(2)20-22-21(23-28-20)25-10-9-24(18(13-25)8-11-26)12-17-6-7-19(27-5)16(4)15(17)3/h6-7,14,18,26H,8-13H2,1-5H3/t18-/m1/s1. The highest BCUT2D eigenvalue weighted by molar-refractivity contribution is 5.43. The number of hydrogen-bond donors (Lipinski definition) is 1. The largest absolute Gasteiger partial charge is 0.496 e. The van der Waals surface area contributed by atoms with Crippen LogP contribution in [-0.4, -0.2) is 59.5 Å². The SMILES string of the molecule is COc1ccc(CN2CCN(c3noc(C(C)C)n3)C[C@H]2CCO)c(C)c1C. The number of aromatic nitrogens is 2. The van der Waals surface area contributed by atoms with Crippen molar-refractivity contribution in [1.82, 2.24) is 15.0 Å². The van der Waals surface area contributed by atoms with Gasteiger partial charge in [-0.1, -0.05) is 19.9 Å². The van der Waals surface area contributed by atoms with Gasteiger partial charge in [0, 0.05) is 44.7 Å². The summed E-state index contributed by atoms with van der Waals surface area (Å²) in [7, 11) is 1.71. The van der Waals surface area contributed by atoms with Gasteiger partial charge < -0.3 is 19.3 Å². The topological polar surface area (TPSA) is 74.9 Å². The molecule has 2 heterocycles. The highest BCUT2D eigenvalue weighted by Crippen LogP contribution is 2.27. The number of rotatable bonds is 7. The molecular formula is C21H32N4O3. The van der Waals surface area contributed by atoms with E-state index in [1.165, 1.54) is 16.7 Å². The monoisotopic (exact) mass is 388 g/mol. The Labute approximate surface area is 167 Å². The molecule has 1 aromatic heterocycles. The average Bonchev–Trinajstić information content (AvgIpc) is 3.17. The third kappa shape index (κ3) is 4.31. The first-order chi connectivity index (χ1) is 13.4. The van der Waals surface area contributed by atoms with Crippen LogP contribution >= 0.6 is 0 Å². The zero-order chi connectivity index (χ0) is 20.3. The van der Waals surface area contributed by atoms with Crippen LogP contribution in [0.1, 0.15) is 48.8 Å². The Kier molecular flexibility index (Phi) is 6.57. The van der Waals surface area contributed by atoms with Gasteiger partial charge in [0.15, 0.2) is 0 Å². The Morgan fingerprint density at radius 1 is 1.25 bits per heavy atom. The fourth-order valence-corrected chi connectivity index (χ4v) is 3.76. The number of benzene rings is 1. The molecule has 1 fully saturated rings. The van der Waals surface area contributed by atoms with E-state index < -0.39 is 0 Å². The summed E-state index contributed by atoms with van der Waals surface area (Å²) in [6.07, 6.45) is 0.722. The highest BCUT2D eigenvalue weighted by atomic mass is 16.5. The predicted molar refractivity (Wildman–Crippen MR) is 109 cm³/mol. The number of anilines is 1. The molecule has 0 radical (unpaired) electrons. The van der Waals surface area contributed by atoms with Crippen LogP contribution < -0.4 is 9.64 Å². The molecule has 154 valence electrons. The molecule has 1 saturated heterocycles. The minimum absolute atomic E-state index is 0.166. The molecule has 1 aliphatic rings. The van der Waals surface area contributed by atoms with Gasteiger partial charge in [0.25, 0.3) is 5.95 Å². The van der Waals surface area contributed by atoms with Gasteiger partial charge in [-0.2, -0.15) is 4.98 Å². The molecule has 0 bridgehead atoms. The molecule has 0 unspecified atom stereocenters. The van der Waals surface area contributed by atoms with E-state index in [4.69, 9.17) is 9.26 Å². The molecule has 1 atom stereocenters. The lowest BCUT2D eigenvalue weighted by Crippen LogP contribution is -2.53. The third-order valence-corrected chi connectivity index (χ3v) is 5.72. The third-order valence-electron chi connectivity index (χ3n) is 5.72. The zero-order valence-corrected chi connectivity index (χ0v) is 17.6. The maximum atomic E-state index is 9.59. The molecule has 0 saturated carbocycles. The van der Waals surface area contributed by atoms with E-state index >= 15 is 0 Å². The Bertz CT molecular complexity index is 790. The lowest BCUT2D eigenvalue weighted by Gasteiger charge is -2.41. The van der Waals surface area contributed by atoms with E-state index in [0.29, 0.717) is 11.8 Å². The molecule has 0 spiro atoms. The maximum absolute atomic E-state index is 9.59. The van der Waals surface area contributed by atoms with E-state index in [0.717, 1.165) is 38.3 Å². The van der Waals surface area contributed by atoms with Crippen LogP contribution in [-0.2, 0) is 6.54 Å². The van der Waals surface area contributed by atoms with Crippen LogP contribution in [0, 0.1) is 13.8 Å². The average molecular weight is 389 g/mol. The van der Waals surface area contributed by atoms with Crippen LogP contribution in [0.5, 0.6) is 5.75 Å². The first-order valence-corrected chi connectivity index (χ1v) is 10.0. The van der Waals surface area contributed by atoms with E-state index in [2.05, 4.69) is 39.9 Å². The molecule has 2 aromatic rings. The Morgan fingerprint density at radius 3 is 2.68 bits per heavy atom.